The topological polar surface area (TPSA) is 86.8 Å². The zero-order valence-corrected chi connectivity index (χ0v) is 43.5. The van der Waals surface area contributed by atoms with E-state index in [1.165, 1.54) is 81.9 Å². The highest BCUT2D eigenvalue weighted by Gasteiger charge is 2.58. The summed E-state index contributed by atoms with van der Waals surface area (Å²) < 4.78 is 55.3. The van der Waals surface area contributed by atoms with E-state index < -0.39 is 18.9 Å². The largest absolute Gasteiger partial charge is 0.737 e. The van der Waals surface area contributed by atoms with Crippen LogP contribution < -0.4 is 4.74 Å². The van der Waals surface area contributed by atoms with Gasteiger partial charge < -0.3 is 31.8 Å². The van der Waals surface area contributed by atoms with Crippen molar-refractivity contribution in [3.8, 4) is 16.9 Å². The number of rotatable bonds is 13. The van der Waals surface area contributed by atoms with Crippen molar-refractivity contribution < 1.29 is 41.7 Å². The Morgan fingerprint density at radius 3 is 1.93 bits per heavy atom. The maximum Gasteiger partial charge on any atom is 0.737 e. The molecule has 2 aliphatic heterocycles. The number of esters is 3. The van der Waals surface area contributed by atoms with Gasteiger partial charge in [0.15, 0.2) is 11.4 Å². The lowest BCUT2D eigenvalue weighted by Gasteiger charge is -2.35. The molecule has 8 nitrogen and oxygen atoms in total. The average molecular weight is 1010 g/mol. The summed E-state index contributed by atoms with van der Waals surface area (Å²) in [4.78, 5) is 39.0. The van der Waals surface area contributed by atoms with Gasteiger partial charge in [0, 0.05) is 47.2 Å². The number of aromatic nitrogens is 1. The highest BCUT2D eigenvalue weighted by atomic mass is 19.2. The third-order valence-corrected chi connectivity index (χ3v) is 16.2. The van der Waals surface area contributed by atoms with Crippen molar-refractivity contribution in [1.82, 2.24) is 4.48 Å². The number of carbonyl (C=O) groups excluding carboxylic acids is 3. The minimum absolute atomic E-state index is 0.163. The van der Waals surface area contributed by atoms with Crippen molar-refractivity contribution in [2.24, 2.45) is 0 Å². The summed E-state index contributed by atoms with van der Waals surface area (Å²) in [5, 5.41) is 10.0. The Kier molecular flexibility index (Phi) is 12.7. The molecule has 8 aromatic rings. The smallest absolute Gasteiger partial charge is 0.463 e. The molecule has 0 N–H and O–H groups in total. The molecule has 11 heteroatoms. The fraction of sp³-hybridized carbons (Fsp3) is 0.262. The number of benzene rings is 7. The second kappa shape index (κ2) is 19.7. The van der Waals surface area contributed by atoms with Crippen LogP contribution in [0.25, 0.3) is 65.9 Å². The molecule has 0 unspecified atom stereocenters. The van der Waals surface area contributed by atoms with Crippen LogP contribution >= 0.6 is 0 Å². The van der Waals surface area contributed by atoms with E-state index in [1.807, 2.05) is 38.1 Å². The van der Waals surface area contributed by atoms with Gasteiger partial charge in [0.05, 0.1) is 18.8 Å². The van der Waals surface area contributed by atoms with Gasteiger partial charge in [0.2, 0.25) is 0 Å². The van der Waals surface area contributed by atoms with Crippen LogP contribution in [0.5, 0.6) is 5.75 Å². The molecule has 0 amide bonds. The van der Waals surface area contributed by atoms with Gasteiger partial charge in [-0.2, -0.15) is 0 Å². The van der Waals surface area contributed by atoms with E-state index in [0.717, 1.165) is 87.8 Å². The Morgan fingerprint density at radius 2 is 1.25 bits per heavy atom. The predicted molar refractivity (Wildman–Crippen MR) is 300 cm³/mol. The van der Waals surface area contributed by atoms with Crippen molar-refractivity contribution in [3.05, 3.63) is 183 Å². The summed E-state index contributed by atoms with van der Waals surface area (Å²) in [7, 11) is 0. The first kappa shape index (κ1) is 49.0. The van der Waals surface area contributed by atoms with Gasteiger partial charge in [0.25, 0.3) is 0 Å². The van der Waals surface area contributed by atoms with Gasteiger partial charge in [-0.25, -0.2) is 9.59 Å². The van der Waals surface area contributed by atoms with Crippen molar-refractivity contribution in [1.29, 1.82) is 0 Å². The molecule has 76 heavy (non-hydrogen) atoms. The second-order valence-electron chi connectivity index (χ2n) is 20.7. The van der Waals surface area contributed by atoms with Gasteiger partial charge in [-0.1, -0.05) is 91.0 Å². The van der Waals surface area contributed by atoms with E-state index in [4.69, 9.17) is 14.2 Å². The van der Waals surface area contributed by atoms with Crippen LogP contribution in [0.2, 0.25) is 0 Å². The van der Waals surface area contributed by atoms with E-state index in [-0.39, 0.29) is 25.6 Å². The van der Waals surface area contributed by atoms with Crippen LogP contribution in [0.4, 0.5) is 8.63 Å². The normalized spacial score (nSPS) is 16.1. The molecule has 0 atom stereocenters. The molecule has 3 heterocycles. The maximum atomic E-state index is 18.2. The van der Waals surface area contributed by atoms with Crippen molar-refractivity contribution in [3.63, 3.8) is 0 Å². The zero-order valence-electron chi connectivity index (χ0n) is 43.5. The Morgan fingerprint density at radius 1 is 0.658 bits per heavy atom. The minimum Gasteiger partial charge on any atom is -0.463 e. The number of hydrogen-bond acceptors (Lipinski definition) is 6. The Hall–Kier alpha value is -7.92. The van der Waals surface area contributed by atoms with E-state index >= 15 is 8.63 Å². The summed E-state index contributed by atoms with van der Waals surface area (Å²) in [5.74, 6) is -1.02. The fourth-order valence-corrected chi connectivity index (χ4v) is 13.2. The van der Waals surface area contributed by atoms with Crippen LogP contribution in [0.3, 0.4) is 0 Å². The molecular weight excluding hydrogens is 954 g/mol. The number of halogens is 2. The van der Waals surface area contributed by atoms with Crippen LogP contribution in [-0.2, 0) is 43.1 Å². The van der Waals surface area contributed by atoms with Gasteiger partial charge in [0.1, 0.15) is 5.75 Å². The number of nitrogens with zero attached hydrogens (tertiary/aromatic N) is 2. The van der Waals surface area contributed by atoms with Crippen LogP contribution in [-0.4, -0.2) is 52.8 Å². The maximum absolute atomic E-state index is 18.2. The number of ether oxygens (including phenoxy) is 3. The molecule has 0 bridgehead atoms. The quantitative estimate of drug-likeness (QED) is 0.0286. The lowest BCUT2D eigenvalue weighted by atomic mass is 9.78. The lowest BCUT2D eigenvalue weighted by Crippen LogP contribution is -2.52. The fourth-order valence-electron chi connectivity index (χ4n) is 13.2. The van der Waals surface area contributed by atoms with E-state index in [0.29, 0.717) is 60.7 Å². The lowest BCUT2D eigenvalue weighted by molar-refractivity contribution is -0.362. The first-order chi connectivity index (χ1) is 37.0. The van der Waals surface area contributed by atoms with Gasteiger partial charge in [-0.05, 0) is 198 Å². The second-order valence-corrected chi connectivity index (χ2v) is 20.7. The summed E-state index contributed by atoms with van der Waals surface area (Å²) >= 11 is 0. The van der Waals surface area contributed by atoms with Gasteiger partial charge in [-0.3, -0.25) is 4.79 Å². The first-order valence-corrected chi connectivity index (χ1v) is 27.1. The van der Waals surface area contributed by atoms with Gasteiger partial charge >= 0.3 is 24.9 Å². The monoisotopic (exact) mass is 1010 g/mol. The Balaban J connectivity index is 0.857. The highest BCUT2D eigenvalue weighted by Crippen LogP contribution is 2.52. The van der Waals surface area contributed by atoms with Gasteiger partial charge in [-0.15, -0.1) is 0 Å². The molecule has 1 aromatic heterocycles. The number of carbonyl (C=O) groups is 3. The summed E-state index contributed by atoms with van der Waals surface area (Å²) in [6, 6.07) is 35.8. The standard InChI is InChI=1S/C65H59BF2N2O6/c1-5-74-57(71)35-33-55-47-18-7-9-20-53(47)64-63(65-54-21-10-8-19-48(54)56(34-36-58(72)75-6-2)70(65)66(67,68)69(55)64)60-39(3)37-44(38-40(60)4)41-27-30-45(31-28-41)76-59(73)26-13-15-42-29-32-52-50-24-12-17-43-16-11-23-49(61(43)50)51-25-14-22-46(42)62(51)52/h11-12,14,16-17,22-25,27-38H,5-10,13,15,18-21,26H2,1-4H3/b35-33+,36-34+. The van der Waals surface area contributed by atoms with E-state index in [2.05, 4.69) is 78.9 Å². The van der Waals surface area contributed by atoms with Crippen molar-refractivity contribution >= 4 is 85.3 Å². The third-order valence-electron chi connectivity index (χ3n) is 16.2. The molecule has 382 valence electrons. The average Bonchev–Trinajstić information content (AvgIpc) is 4.16. The number of aryl methyl sites for hydroxylation is 3. The molecule has 0 saturated heterocycles. The van der Waals surface area contributed by atoms with Crippen molar-refractivity contribution in [2.75, 3.05) is 13.2 Å². The molecule has 7 aromatic carbocycles. The predicted octanol–water partition coefficient (Wildman–Crippen LogP) is 14.7. The Labute approximate surface area is 441 Å². The molecule has 2 aliphatic carbocycles. The summed E-state index contributed by atoms with van der Waals surface area (Å²) in [6.07, 6.45) is 13.0. The van der Waals surface area contributed by atoms with Crippen LogP contribution in [0.15, 0.2) is 138 Å². The first-order valence-electron chi connectivity index (χ1n) is 27.1. The number of hydrogen-bond donors (Lipinski definition) is 0. The summed E-state index contributed by atoms with van der Waals surface area (Å²) in [6.45, 7) is 3.28. The molecule has 0 fully saturated rings. The molecule has 0 radical (unpaired) electrons. The zero-order chi connectivity index (χ0) is 52.4. The van der Waals surface area contributed by atoms with E-state index in [9.17, 15) is 14.4 Å². The minimum atomic E-state index is -4.56. The third kappa shape index (κ3) is 8.17. The molecule has 0 saturated carbocycles. The number of fused-ring (bicyclic) bond motifs is 7. The Bertz CT molecular complexity index is 3840. The molecule has 4 aliphatic rings. The van der Waals surface area contributed by atoms with Crippen LogP contribution in [0, 0.1) is 13.8 Å². The SMILES string of the molecule is CCOC(=O)/C=C/C1=[N+]2C(=C(c3c(C)cc(-c4ccc(OC(=O)CCCc5ccc6c7cccc8cccc(c9cccc5c96)c87)cc4)cc3C)c3c4c(c(/C=C/C(=O)OCC)n3[B-]2(F)F)CCCC4)C2=C1CCCC2. The van der Waals surface area contributed by atoms with Crippen LogP contribution in [0.1, 0.15) is 110 Å². The van der Waals surface area contributed by atoms with Crippen molar-refractivity contribution in [2.45, 2.75) is 98.3 Å². The number of allylic oxidation sites excluding steroid dienone is 3. The molecule has 12 rings (SSSR count). The highest BCUT2D eigenvalue weighted by molar-refractivity contribution is 6.59. The summed E-state index contributed by atoms with van der Waals surface area (Å²) in [5.41, 5.74) is 11.6. The molecular formula is C65H59BF2N2O6. The molecule has 0 spiro atoms. The van der Waals surface area contributed by atoms with E-state index in [1.54, 1.807) is 13.8 Å².